The fourth-order valence-electron chi connectivity index (χ4n) is 4.70. The maximum Gasteiger partial charge on any atom is -0.00604 e. The van der Waals surface area contributed by atoms with Crippen molar-refractivity contribution in [2.75, 3.05) is 0 Å². The second-order valence-corrected chi connectivity index (χ2v) is 9.92. The summed E-state index contributed by atoms with van der Waals surface area (Å²) in [7, 11) is 0. The van der Waals surface area contributed by atoms with Crippen LogP contribution in [0.15, 0.2) is 76.9 Å². The van der Waals surface area contributed by atoms with Crippen LogP contribution in [0.5, 0.6) is 0 Å². The van der Waals surface area contributed by atoms with Crippen molar-refractivity contribution in [3.63, 3.8) is 0 Å². The molecular weight excluding hydrogens is 360 g/mol. The average Bonchev–Trinajstić information content (AvgIpc) is 2.92. The Morgan fingerprint density at radius 2 is 1.70 bits per heavy atom. The lowest BCUT2D eigenvalue weighted by Crippen LogP contribution is -2.08. The van der Waals surface area contributed by atoms with Gasteiger partial charge in [0.15, 0.2) is 0 Å². The smallest absolute Gasteiger partial charge is 0.00604 e. The lowest BCUT2D eigenvalue weighted by Gasteiger charge is -2.20. The Labute approximate surface area is 186 Å². The van der Waals surface area contributed by atoms with E-state index >= 15 is 0 Å². The SMILES string of the molecule is C=C(C)CCCC(CC)c1ccc(C=CC=CC2=C(C)C(=C(C)C)CC2(C)C)cc1. The summed E-state index contributed by atoms with van der Waals surface area (Å²) in [6, 6.07) is 9.14. The van der Waals surface area contributed by atoms with Gasteiger partial charge < -0.3 is 0 Å². The predicted octanol–water partition coefficient (Wildman–Crippen LogP) is 9.58. The van der Waals surface area contributed by atoms with Crippen LogP contribution in [0.25, 0.3) is 6.08 Å². The molecule has 1 aromatic carbocycles. The van der Waals surface area contributed by atoms with E-state index < -0.39 is 0 Å². The quantitative estimate of drug-likeness (QED) is 0.285. The van der Waals surface area contributed by atoms with Gasteiger partial charge in [-0.1, -0.05) is 80.5 Å². The summed E-state index contributed by atoms with van der Waals surface area (Å²) in [5.74, 6) is 0.658. The van der Waals surface area contributed by atoms with Crippen molar-refractivity contribution in [3.8, 4) is 0 Å². The van der Waals surface area contributed by atoms with Crippen molar-refractivity contribution >= 4 is 6.08 Å². The van der Waals surface area contributed by atoms with Crippen LogP contribution in [-0.2, 0) is 0 Å². The van der Waals surface area contributed by atoms with E-state index in [4.69, 9.17) is 0 Å². The Bertz CT molecular complexity index is 846. The molecule has 0 aromatic heterocycles. The van der Waals surface area contributed by atoms with Gasteiger partial charge in [0.05, 0.1) is 0 Å². The summed E-state index contributed by atoms with van der Waals surface area (Å²) >= 11 is 0. The van der Waals surface area contributed by atoms with E-state index in [0.29, 0.717) is 5.92 Å². The molecule has 0 amide bonds. The molecule has 1 unspecified atom stereocenters. The molecule has 0 spiro atoms. The van der Waals surface area contributed by atoms with E-state index in [1.165, 1.54) is 58.3 Å². The van der Waals surface area contributed by atoms with Crippen molar-refractivity contribution in [1.29, 1.82) is 0 Å². The molecule has 1 aromatic rings. The van der Waals surface area contributed by atoms with E-state index in [9.17, 15) is 0 Å². The van der Waals surface area contributed by atoms with Crippen LogP contribution in [0.4, 0.5) is 0 Å². The number of allylic oxidation sites excluding steroid dienone is 8. The summed E-state index contributed by atoms with van der Waals surface area (Å²) in [5.41, 5.74) is 10.2. The minimum atomic E-state index is 0.224. The molecule has 162 valence electrons. The summed E-state index contributed by atoms with van der Waals surface area (Å²) in [5, 5.41) is 0. The maximum atomic E-state index is 4.03. The zero-order valence-corrected chi connectivity index (χ0v) is 20.4. The van der Waals surface area contributed by atoms with Gasteiger partial charge in [0, 0.05) is 0 Å². The first-order valence-corrected chi connectivity index (χ1v) is 11.6. The first-order chi connectivity index (χ1) is 14.2. The highest BCUT2D eigenvalue weighted by Gasteiger charge is 2.32. The summed E-state index contributed by atoms with van der Waals surface area (Å²) in [6.07, 6.45) is 14.9. The van der Waals surface area contributed by atoms with Crippen LogP contribution < -0.4 is 0 Å². The normalized spacial score (nSPS) is 17.4. The van der Waals surface area contributed by atoms with Gasteiger partial charge in [-0.25, -0.2) is 0 Å². The molecule has 1 aliphatic rings. The van der Waals surface area contributed by atoms with Crippen molar-refractivity contribution in [2.45, 2.75) is 86.5 Å². The Morgan fingerprint density at radius 3 is 2.23 bits per heavy atom. The number of hydrogen-bond acceptors (Lipinski definition) is 0. The second kappa shape index (κ2) is 10.8. The van der Waals surface area contributed by atoms with Crippen LogP contribution in [-0.4, -0.2) is 0 Å². The fourth-order valence-corrected chi connectivity index (χ4v) is 4.70. The van der Waals surface area contributed by atoms with E-state index in [1.54, 1.807) is 0 Å². The van der Waals surface area contributed by atoms with Gasteiger partial charge in [0.25, 0.3) is 0 Å². The molecule has 0 bridgehead atoms. The monoisotopic (exact) mass is 402 g/mol. The van der Waals surface area contributed by atoms with Crippen molar-refractivity contribution in [2.24, 2.45) is 5.41 Å². The van der Waals surface area contributed by atoms with E-state index in [0.717, 1.165) is 12.8 Å². The molecule has 0 nitrogen and oxygen atoms in total. The van der Waals surface area contributed by atoms with Crippen molar-refractivity contribution < 1.29 is 0 Å². The zero-order valence-electron chi connectivity index (χ0n) is 20.4. The molecular formula is C30H42. The van der Waals surface area contributed by atoms with Gasteiger partial charge in [0.2, 0.25) is 0 Å². The van der Waals surface area contributed by atoms with Gasteiger partial charge >= 0.3 is 0 Å². The van der Waals surface area contributed by atoms with E-state index in [1.807, 2.05) is 0 Å². The Balaban J connectivity index is 2.03. The molecule has 0 heteroatoms. The second-order valence-electron chi connectivity index (χ2n) is 9.92. The standard InChI is InChI=1S/C30H42/c1-9-26(15-12-13-22(2)3)27-19-17-25(18-20-27)14-10-11-16-29-24(6)28(23(4)5)21-30(29,7)8/h10-11,14,16-20,26H,2,9,12-13,15,21H2,1,3-8H3. The topological polar surface area (TPSA) is 0 Å². The summed E-state index contributed by atoms with van der Waals surface area (Å²) in [4.78, 5) is 0. The Hall–Kier alpha value is -2.08. The highest BCUT2D eigenvalue weighted by Crippen LogP contribution is 2.47. The van der Waals surface area contributed by atoms with Crippen LogP contribution in [0, 0.1) is 5.41 Å². The number of benzene rings is 1. The zero-order chi connectivity index (χ0) is 22.3. The summed E-state index contributed by atoms with van der Waals surface area (Å²) < 4.78 is 0. The maximum absolute atomic E-state index is 4.03. The van der Waals surface area contributed by atoms with E-state index in [-0.39, 0.29) is 5.41 Å². The first kappa shape index (κ1) is 24.2. The highest BCUT2D eigenvalue weighted by atomic mass is 14.4. The Morgan fingerprint density at radius 1 is 1.07 bits per heavy atom. The van der Waals surface area contributed by atoms with E-state index in [2.05, 4.69) is 104 Å². The third-order valence-corrected chi connectivity index (χ3v) is 6.53. The molecule has 1 aliphatic carbocycles. The van der Waals surface area contributed by atoms with Gasteiger partial charge in [0.1, 0.15) is 0 Å². The molecule has 1 atom stereocenters. The minimum absolute atomic E-state index is 0.224. The summed E-state index contributed by atoms with van der Waals surface area (Å²) in [6.45, 7) is 19.9. The lowest BCUT2D eigenvalue weighted by molar-refractivity contribution is 0.476. The lowest BCUT2D eigenvalue weighted by atomic mass is 9.84. The molecule has 0 heterocycles. The van der Waals surface area contributed by atoms with Crippen molar-refractivity contribution in [1.82, 2.24) is 0 Å². The molecule has 0 fully saturated rings. The third-order valence-electron chi connectivity index (χ3n) is 6.53. The first-order valence-electron chi connectivity index (χ1n) is 11.6. The molecule has 0 saturated heterocycles. The Kier molecular flexibility index (Phi) is 8.71. The molecule has 2 rings (SSSR count). The van der Waals surface area contributed by atoms with Gasteiger partial charge in [-0.15, -0.1) is 6.58 Å². The molecule has 0 saturated carbocycles. The van der Waals surface area contributed by atoms with Gasteiger partial charge in [-0.05, 0) is 99.0 Å². The largest absolute Gasteiger partial charge is 0.100 e. The number of hydrogen-bond donors (Lipinski definition) is 0. The van der Waals surface area contributed by atoms with Crippen LogP contribution >= 0.6 is 0 Å². The van der Waals surface area contributed by atoms with Crippen molar-refractivity contribution in [3.05, 3.63) is 88.1 Å². The molecule has 0 N–H and O–H groups in total. The molecule has 30 heavy (non-hydrogen) atoms. The van der Waals surface area contributed by atoms with Gasteiger partial charge in [-0.2, -0.15) is 0 Å². The van der Waals surface area contributed by atoms with Crippen LogP contribution in [0.2, 0.25) is 0 Å². The minimum Gasteiger partial charge on any atom is -0.100 e. The predicted molar refractivity (Wildman–Crippen MR) is 136 cm³/mol. The van der Waals surface area contributed by atoms with Crippen LogP contribution in [0.1, 0.15) is 97.6 Å². The van der Waals surface area contributed by atoms with Crippen LogP contribution in [0.3, 0.4) is 0 Å². The molecule has 0 aliphatic heterocycles. The number of rotatable bonds is 9. The highest BCUT2D eigenvalue weighted by molar-refractivity contribution is 5.54. The average molecular weight is 403 g/mol. The molecule has 0 radical (unpaired) electrons. The fraction of sp³-hybridized carbons (Fsp3) is 0.467. The van der Waals surface area contributed by atoms with Gasteiger partial charge in [-0.3, -0.25) is 0 Å². The third kappa shape index (κ3) is 6.46.